The van der Waals surface area contributed by atoms with Crippen LogP contribution in [0, 0.1) is 6.92 Å². The summed E-state index contributed by atoms with van der Waals surface area (Å²) in [6.45, 7) is 7.71. The minimum absolute atomic E-state index is 0.0597. The zero-order valence-electron chi connectivity index (χ0n) is 15.8. The quantitative estimate of drug-likeness (QED) is 0.286. The molecule has 0 spiro atoms. The summed E-state index contributed by atoms with van der Waals surface area (Å²) in [6.07, 6.45) is -2.24. The van der Waals surface area contributed by atoms with Crippen molar-refractivity contribution in [3.05, 3.63) is 58.5 Å². The molecule has 0 bridgehead atoms. The molecule has 0 aliphatic carbocycles. The van der Waals surface area contributed by atoms with Gasteiger partial charge in [-0.25, -0.2) is 4.98 Å². The first-order valence-corrected chi connectivity index (χ1v) is 8.55. The Morgan fingerprint density at radius 1 is 1.32 bits per heavy atom. The molecular formula is C19H21F3N2O4. The van der Waals surface area contributed by atoms with Gasteiger partial charge in [0.15, 0.2) is 0 Å². The number of halogens is 3. The molecule has 0 radical (unpaired) electrons. The first kappa shape index (κ1) is 21.5. The van der Waals surface area contributed by atoms with Crippen molar-refractivity contribution >= 4 is 0 Å². The summed E-state index contributed by atoms with van der Waals surface area (Å²) < 4.78 is 44.6. The van der Waals surface area contributed by atoms with Crippen molar-refractivity contribution in [1.82, 2.24) is 9.55 Å². The summed E-state index contributed by atoms with van der Waals surface area (Å²) in [7, 11) is 1.06. The highest BCUT2D eigenvalue weighted by Crippen LogP contribution is 2.29. The number of ether oxygens (including phenoxy) is 1. The van der Waals surface area contributed by atoms with Gasteiger partial charge in [-0.2, -0.15) is 18.1 Å². The molecule has 2 aromatic rings. The van der Waals surface area contributed by atoms with Crippen molar-refractivity contribution in [3.8, 4) is 17.0 Å². The molecule has 0 amide bonds. The van der Waals surface area contributed by atoms with E-state index < -0.39 is 17.4 Å². The summed E-state index contributed by atoms with van der Waals surface area (Å²) >= 11 is 0. The third kappa shape index (κ3) is 5.13. The molecule has 0 saturated heterocycles. The summed E-state index contributed by atoms with van der Waals surface area (Å²) in [5.41, 5.74) is -1.08. The second kappa shape index (κ2) is 8.92. The molecule has 0 aliphatic heterocycles. The largest absolute Gasteiger partial charge is 0.433 e. The fourth-order valence-corrected chi connectivity index (χ4v) is 2.36. The summed E-state index contributed by atoms with van der Waals surface area (Å²) in [5.74, 6) is 0.340. The topological polar surface area (TPSA) is 62.6 Å². The van der Waals surface area contributed by atoms with Gasteiger partial charge >= 0.3 is 12.1 Å². The molecule has 1 heterocycles. The summed E-state index contributed by atoms with van der Waals surface area (Å²) in [6, 6.07) is 4.64. The van der Waals surface area contributed by atoms with Crippen LogP contribution in [0.3, 0.4) is 0 Å². The van der Waals surface area contributed by atoms with Gasteiger partial charge in [0.05, 0.1) is 12.8 Å². The minimum atomic E-state index is -4.66. The van der Waals surface area contributed by atoms with E-state index in [0.29, 0.717) is 34.2 Å². The summed E-state index contributed by atoms with van der Waals surface area (Å²) in [5, 5.41) is 0. The van der Waals surface area contributed by atoms with E-state index in [1.54, 1.807) is 19.1 Å². The van der Waals surface area contributed by atoms with Crippen molar-refractivity contribution in [2.45, 2.75) is 32.9 Å². The van der Waals surface area contributed by atoms with Crippen LogP contribution in [0.1, 0.15) is 31.0 Å². The number of aromatic nitrogens is 2. The Balaban J connectivity index is 2.20. The number of benzene rings is 1. The highest BCUT2D eigenvalue weighted by molar-refractivity contribution is 5.61. The second-order valence-electron chi connectivity index (χ2n) is 6.07. The van der Waals surface area contributed by atoms with Crippen molar-refractivity contribution in [2.24, 2.45) is 7.05 Å². The fourth-order valence-electron chi connectivity index (χ4n) is 2.36. The standard InChI is InChI=1S/C19H21F3N2O4/c1-5-6-9-26-28-13(3)27-15-8-7-14(10-12(15)2)17-18(25)24(4)16(11-23-17)19(20,21)22/h7-8,10-11H,3,5-6,9H2,1-2,4H3. The van der Waals surface area contributed by atoms with Gasteiger partial charge in [-0.1, -0.05) is 13.3 Å². The zero-order chi connectivity index (χ0) is 20.9. The predicted molar refractivity (Wildman–Crippen MR) is 96.4 cm³/mol. The SMILES string of the molecule is C=C(OOCCCC)Oc1ccc(-c2ncc(C(F)(F)F)n(C)c2=O)cc1C. The lowest BCUT2D eigenvalue weighted by atomic mass is 10.1. The van der Waals surface area contributed by atoms with Crippen molar-refractivity contribution in [2.75, 3.05) is 6.61 Å². The molecule has 6 nitrogen and oxygen atoms in total. The third-order valence-electron chi connectivity index (χ3n) is 3.88. The van der Waals surface area contributed by atoms with Gasteiger partial charge < -0.3 is 9.30 Å². The maximum absolute atomic E-state index is 12.9. The van der Waals surface area contributed by atoms with Gasteiger partial charge in [0.2, 0.25) is 0 Å². The summed E-state index contributed by atoms with van der Waals surface area (Å²) in [4.78, 5) is 25.9. The molecule has 0 N–H and O–H groups in total. The van der Waals surface area contributed by atoms with E-state index >= 15 is 0 Å². The van der Waals surface area contributed by atoms with Crippen LogP contribution < -0.4 is 10.3 Å². The van der Waals surface area contributed by atoms with Crippen molar-refractivity contribution < 1.29 is 27.7 Å². The zero-order valence-corrected chi connectivity index (χ0v) is 15.8. The molecule has 28 heavy (non-hydrogen) atoms. The number of nitrogens with zero attached hydrogens (tertiary/aromatic N) is 2. The monoisotopic (exact) mass is 398 g/mol. The normalized spacial score (nSPS) is 11.4. The smallest absolute Gasteiger partial charge is 0.424 e. The number of aryl methyl sites for hydroxylation is 1. The average Bonchev–Trinajstić information content (AvgIpc) is 2.62. The third-order valence-corrected chi connectivity index (χ3v) is 3.88. The molecule has 1 aromatic carbocycles. The number of hydrogen-bond acceptors (Lipinski definition) is 5. The van der Waals surface area contributed by atoms with E-state index in [9.17, 15) is 18.0 Å². The Bertz CT molecular complexity index is 907. The Morgan fingerprint density at radius 3 is 2.64 bits per heavy atom. The van der Waals surface area contributed by atoms with E-state index in [0.717, 1.165) is 19.9 Å². The maximum atomic E-state index is 12.9. The van der Waals surface area contributed by atoms with E-state index in [4.69, 9.17) is 14.5 Å². The van der Waals surface area contributed by atoms with Crippen LogP contribution in [0.5, 0.6) is 5.75 Å². The van der Waals surface area contributed by atoms with Crippen LogP contribution in [0.25, 0.3) is 11.3 Å². The minimum Gasteiger partial charge on any atom is -0.424 e. The fraction of sp³-hybridized carbons (Fsp3) is 0.368. The van der Waals surface area contributed by atoms with E-state index in [2.05, 4.69) is 11.6 Å². The molecule has 0 fully saturated rings. The molecule has 2 rings (SSSR count). The predicted octanol–water partition coefficient (Wildman–Crippen LogP) is 4.37. The molecule has 0 aliphatic rings. The maximum Gasteiger partial charge on any atom is 0.433 e. The van der Waals surface area contributed by atoms with Crippen LogP contribution >= 0.6 is 0 Å². The highest BCUT2D eigenvalue weighted by Gasteiger charge is 2.34. The Kier molecular flexibility index (Phi) is 6.85. The number of hydrogen-bond donors (Lipinski definition) is 0. The lowest BCUT2D eigenvalue weighted by Crippen LogP contribution is -2.27. The molecule has 0 atom stereocenters. The highest BCUT2D eigenvalue weighted by atomic mass is 19.4. The molecule has 9 heteroatoms. The van der Waals surface area contributed by atoms with E-state index in [-0.39, 0.29) is 11.6 Å². The molecular weight excluding hydrogens is 377 g/mol. The van der Waals surface area contributed by atoms with Gasteiger partial charge in [-0.3, -0.25) is 9.68 Å². The average molecular weight is 398 g/mol. The van der Waals surface area contributed by atoms with Gasteiger partial charge in [-0.05, 0) is 43.7 Å². The molecule has 152 valence electrons. The number of unbranched alkanes of at least 4 members (excludes halogenated alkanes) is 1. The lowest BCUT2D eigenvalue weighted by Gasteiger charge is -2.14. The first-order chi connectivity index (χ1) is 13.1. The van der Waals surface area contributed by atoms with Gasteiger partial charge in [0, 0.05) is 12.6 Å². The number of rotatable bonds is 8. The lowest BCUT2D eigenvalue weighted by molar-refractivity contribution is -0.282. The van der Waals surface area contributed by atoms with Gasteiger partial charge in [-0.15, -0.1) is 0 Å². The molecule has 0 saturated carbocycles. The molecule has 1 aromatic heterocycles. The first-order valence-electron chi connectivity index (χ1n) is 8.55. The van der Waals surface area contributed by atoms with Gasteiger partial charge in [0.25, 0.3) is 5.56 Å². The second-order valence-corrected chi connectivity index (χ2v) is 6.07. The van der Waals surface area contributed by atoms with Crippen LogP contribution in [0.15, 0.2) is 41.7 Å². The number of alkyl halides is 3. The van der Waals surface area contributed by atoms with Crippen molar-refractivity contribution in [3.63, 3.8) is 0 Å². The molecule has 0 unspecified atom stereocenters. The van der Waals surface area contributed by atoms with Crippen molar-refractivity contribution in [1.29, 1.82) is 0 Å². The van der Waals surface area contributed by atoms with Crippen LogP contribution in [0.2, 0.25) is 0 Å². The Labute approximate surface area is 160 Å². The van der Waals surface area contributed by atoms with Crippen LogP contribution in [-0.4, -0.2) is 16.2 Å². The van der Waals surface area contributed by atoms with Crippen LogP contribution in [0.4, 0.5) is 13.2 Å². The van der Waals surface area contributed by atoms with E-state index in [1.165, 1.54) is 6.07 Å². The Morgan fingerprint density at radius 2 is 2.04 bits per heavy atom. The van der Waals surface area contributed by atoms with E-state index in [1.807, 2.05) is 6.92 Å². The van der Waals surface area contributed by atoms with Crippen LogP contribution in [-0.2, 0) is 23.0 Å². The Hall–Kier alpha value is -2.81. The van der Waals surface area contributed by atoms with Gasteiger partial charge in [0.1, 0.15) is 17.1 Å².